The van der Waals surface area contributed by atoms with E-state index in [-0.39, 0.29) is 0 Å². The summed E-state index contributed by atoms with van der Waals surface area (Å²) in [7, 11) is 0. The molecule has 2 heterocycles. The van der Waals surface area contributed by atoms with E-state index >= 15 is 0 Å². The van der Waals surface area contributed by atoms with Crippen LogP contribution in [0.4, 0.5) is 17.1 Å². The van der Waals surface area contributed by atoms with Gasteiger partial charge in [0.05, 0.1) is 0 Å². The molecule has 0 atom stereocenters. The van der Waals surface area contributed by atoms with Crippen molar-refractivity contribution in [2.75, 3.05) is 4.90 Å². The number of para-hydroxylation sites is 1. The first-order valence-corrected chi connectivity index (χ1v) is 22.2. The first-order valence-electron chi connectivity index (χ1n) is 21.4. The molecule has 0 saturated heterocycles. The molecular weight excluding hydrogens is 783 g/mol. The van der Waals surface area contributed by atoms with Gasteiger partial charge in [0.15, 0.2) is 0 Å². The van der Waals surface area contributed by atoms with Gasteiger partial charge >= 0.3 is 0 Å². The number of rotatable bonds is 8. The van der Waals surface area contributed by atoms with Crippen molar-refractivity contribution in [3.8, 4) is 55.6 Å². The zero-order chi connectivity index (χ0) is 41.7. The Bertz CT molecular complexity index is 3440. The molecule has 0 unspecified atom stereocenters. The summed E-state index contributed by atoms with van der Waals surface area (Å²) >= 11 is 1.86. The molecule has 10 aromatic carbocycles. The second-order valence-corrected chi connectivity index (χ2v) is 17.1. The van der Waals surface area contributed by atoms with E-state index in [4.69, 9.17) is 4.42 Å². The van der Waals surface area contributed by atoms with Crippen LogP contribution in [-0.4, -0.2) is 0 Å². The number of nitrogens with zero attached hydrogens (tertiary/aromatic N) is 1. The van der Waals surface area contributed by atoms with Crippen LogP contribution in [0.1, 0.15) is 0 Å². The van der Waals surface area contributed by atoms with Gasteiger partial charge < -0.3 is 9.32 Å². The zero-order valence-electron chi connectivity index (χ0n) is 34.3. The Morgan fingerprint density at radius 1 is 0.286 bits per heavy atom. The van der Waals surface area contributed by atoms with Crippen molar-refractivity contribution in [2.24, 2.45) is 0 Å². The minimum atomic E-state index is 0.925. The molecule has 0 aliphatic carbocycles. The number of anilines is 3. The highest BCUT2D eigenvalue weighted by Crippen LogP contribution is 2.46. The van der Waals surface area contributed by atoms with Crippen LogP contribution in [0, 0.1) is 0 Å². The van der Waals surface area contributed by atoms with E-state index < -0.39 is 0 Å². The van der Waals surface area contributed by atoms with Gasteiger partial charge in [-0.3, -0.25) is 0 Å². The van der Waals surface area contributed by atoms with Crippen LogP contribution in [0.2, 0.25) is 0 Å². The zero-order valence-corrected chi connectivity index (χ0v) is 35.1. The number of benzene rings is 10. The monoisotopic (exact) mass is 821 g/mol. The molecule has 296 valence electrons. The smallest absolute Gasteiger partial charge is 0.136 e. The summed E-state index contributed by atoms with van der Waals surface area (Å²) in [5, 5.41) is 4.88. The Morgan fingerprint density at radius 2 is 0.730 bits per heavy atom. The van der Waals surface area contributed by atoms with Crippen molar-refractivity contribution in [1.29, 1.82) is 0 Å². The van der Waals surface area contributed by atoms with Crippen LogP contribution in [-0.2, 0) is 0 Å². The highest BCUT2D eigenvalue weighted by Gasteiger charge is 2.19. The molecule has 0 aliphatic rings. The normalized spacial score (nSPS) is 11.5. The first-order chi connectivity index (χ1) is 31.2. The van der Waals surface area contributed by atoms with Crippen molar-refractivity contribution in [3.63, 3.8) is 0 Å². The molecule has 2 aromatic heterocycles. The van der Waals surface area contributed by atoms with Crippen molar-refractivity contribution >= 4 is 70.5 Å². The Labute approximate surface area is 370 Å². The van der Waals surface area contributed by atoms with Crippen LogP contribution in [0.3, 0.4) is 0 Å². The quantitative estimate of drug-likeness (QED) is 0.152. The molecule has 12 aromatic rings. The molecule has 0 fully saturated rings. The lowest BCUT2D eigenvalue weighted by atomic mass is 9.99. The molecule has 0 amide bonds. The lowest BCUT2D eigenvalue weighted by molar-refractivity contribution is 0.669. The van der Waals surface area contributed by atoms with Crippen molar-refractivity contribution in [2.45, 2.75) is 0 Å². The van der Waals surface area contributed by atoms with Crippen LogP contribution in [0.5, 0.6) is 0 Å². The van der Waals surface area contributed by atoms with Crippen LogP contribution < -0.4 is 4.90 Å². The van der Waals surface area contributed by atoms with E-state index in [1.165, 1.54) is 81.2 Å². The Hall–Kier alpha value is -7.98. The molecule has 63 heavy (non-hydrogen) atoms. The van der Waals surface area contributed by atoms with Gasteiger partial charge in [0.1, 0.15) is 11.2 Å². The minimum Gasteiger partial charge on any atom is -0.456 e. The van der Waals surface area contributed by atoms with Crippen LogP contribution in [0.15, 0.2) is 241 Å². The standard InChI is InChI=1S/C60H39NOS/c1-3-11-40(12-4-1)42-21-25-44(26-22-42)46-29-33-49(34-30-46)61(50-35-31-47(32-36-50)45-27-23-43(24-28-45)41-13-5-2-6-14-41)51-16-9-15-48(39-51)52-18-10-19-53-54-37-38-57-58(60(54)63-59(52)53)55-17-7-8-20-56(55)62-57/h1-39H. The largest absolute Gasteiger partial charge is 0.456 e. The third kappa shape index (κ3) is 6.67. The van der Waals surface area contributed by atoms with Crippen LogP contribution >= 0.6 is 11.3 Å². The molecule has 12 rings (SSSR count). The van der Waals surface area contributed by atoms with Gasteiger partial charge in [0.2, 0.25) is 0 Å². The summed E-state index contributed by atoms with van der Waals surface area (Å²) in [4.78, 5) is 2.38. The van der Waals surface area contributed by atoms with E-state index in [1.807, 2.05) is 17.4 Å². The molecule has 0 spiro atoms. The summed E-state index contributed by atoms with van der Waals surface area (Å²) in [6.45, 7) is 0. The van der Waals surface area contributed by atoms with Crippen molar-refractivity contribution < 1.29 is 4.42 Å². The highest BCUT2D eigenvalue weighted by molar-refractivity contribution is 7.27. The highest BCUT2D eigenvalue weighted by atomic mass is 32.1. The van der Waals surface area contributed by atoms with Gasteiger partial charge in [-0.05, 0) is 110 Å². The van der Waals surface area contributed by atoms with Crippen LogP contribution in [0.25, 0.3) is 97.7 Å². The fourth-order valence-corrected chi connectivity index (χ4v) is 10.5. The average molecular weight is 822 g/mol. The summed E-state index contributed by atoms with van der Waals surface area (Å²) < 4.78 is 8.85. The molecular formula is C60H39NOS. The predicted octanol–water partition coefficient (Wildman–Crippen LogP) is 17.8. The number of furan rings is 1. The maximum Gasteiger partial charge on any atom is 0.136 e. The first kappa shape index (κ1) is 36.8. The van der Waals surface area contributed by atoms with E-state index in [0.717, 1.165) is 33.6 Å². The second-order valence-electron chi connectivity index (χ2n) is 16.1. The third-order valence-electron chi connectivity index (χ3n) is 12.3. The molecule has 0 aliphatic heterocycles. The summed E-state index contributed by atoms with van der Waals surface area (Å²) in [5.74, 6) is 0. The van der Waals surface area contributed by atoms with Gasteiger partial charge in [0, 0.05) is 48.0 Å². The molecule has 0 radical (unpaired) electrons. The van der Waals surface area contributed by atoms with Gasteiger partial charge in [-0.2, -0.15) is 0 Å². The van der Waals surface area contributed by atoms with E-state index in [2.05, 4.69) is 235 Å². The number of thiophene rings is 1. The Kier molecular flexibility index (Phi) is 9.06. The van der Waals surface area contributed by atoms with Gasteiger partial charge in [-0.1, -0.05) is 182 Å². The van der Waals surface area contributed by atoms with E-state index in [9.17, 15) is 0 Å². The topological polar surface area (TPSA) is 16.4 Å². The lowest BCUT2D eigenvalue weighted by Crippen LogP contribution is -2.10. The maximum atomic E-state index is 6.31. The fourth-order valence-electron chi connectivity index (χ4n) is 9.13. The molecule has 0 bridgehead atoms. The predicted molar refractivity (Wildman–Crippen MR) is 268 cm³/mol. The minimum absolute atomic E-state index is 0.925. The van der Waals surface area contributed by atoms with Gasteiger partial charge in [-0.15, -0.1) is 11.3 Å². The van der Waals surface area contributed by atoms with E-state index in [0.29, 0.717) is 0 Å². The summed E-state index contributed by atoms with van der Waals surface area (Å²) in [6, 6.07) is 85.2. The average Bonchev–Trinajstić information content (AvgIpc) is 3.94. The van der Waals surface area contributed by atoms with Gasteiger partial charge in [0.25, 0.3) is 0 Å². The summed E-state index contributed by atoms with van der Waals surface area (Å²) in [5.41, 5.74) is 17.1. The van der Waals surface area contributed by atoms with Crippen molar-refractivity contribution in [1.82, 2.24) is 0 Å². The maximum absolute atomic E-state index is 6.31. The third-order valence-corrected chi connectivity index (χ3v) is 13.6. The lowest BCUT2D eigenvalue weighted by Gasteiger charge is -2.26. The number of hydrogen-bond donors (Lipinski definition) is 0. The number of hydrogen-bond acceptors (Lipinski definition) is 3. The number of fused-ring (bicyclic) bond motifs is 7. The molecule has 0 N–H and O–H groups in total. The van der Waals surface area contributed by atoms with Crippen molar-refractivity contribution in [3.05, 3.63) is 237 Å². The fraction of sp³-hybridized carbons (Fsp3) is 0. The molecule has 2 nitrogen and oxygen atoms in total. The van der Waals surface area contributed by atoms with Gasteiger partial charge in [-0.25, -0.2) is 0 Å². The Balaban J connectivity index is 0.937. The molecule has 3 heteroatoms. The SMILES string of the molecule is c1ccc(-c2ccc(-c3ccc(N(c4ccc(-c5ccc(-c6ccccc6)cc5)cc4)c4cccc(-c5cccc6c5sc5c6ccc6oc7ccccc7c65)c4)cc3)cc2)cc1. The van der Waals surface area contributed by atoms with E-state index in [1.54, 1.807) is 0 Å². The second kappa shape index (κ2) is 15.5. The Morgan fingerprint density at radius 3 is 1.30 bits per heavy atom. The molecule has 0 saturated carbocycles. The summed E-state index contributed by atoms with van der Waals surface area (Å²) in [6.07, 6.45) is 0.